The standard InChI is InChI=1S/C15H23N/c1-12-3-4-13(2)15(11-12)6-5-14-7-9-16-10-8-14/h3-4,11,14,16H,5-10H2,1-2H3. The van der Waals surface area contributed by atoms with Gasteiger partial charge in [0, 0.05) is 0 Å². The molecule has 2 rings (SSSR count). The van der Waals surface area contributed by atoms with Crippen LogP contribution in [0.15, 0.2) is 18.2 Å². The molecule has 1 aliphatic rings. The highest BCUT2D eigenvalue weighted by molar-refractivity contribution is 5.30. The minimum Gasteiger partial charge on any atom is -0.317 e. The molecule has 1 heteroatoms. The molecular weight excluding hydrogens is 194 g/mol. The highest BCUT2D eigenvalue weighted by Crippen LogP contribution is 2.20. The first-order chi connectivity index (χ1) is 7.75. The fourth-order valence-corrected chi connectivity index (χ4v) is 2.60. The van der Waals surface area contributed by atoms with E-state index in [1.807, 2.05) is 0 Å². The molecule has 1 fully saturated rings. The maximum absolute atomic E-state index is 3.43. The van der Waals surface area contributed by atoms with Gasteiger partial charge in [0.15, 0.2) is 0 Å². The molecular formula is C15H23N. The Kier molecular flexibility index (Phi) is 4.00. The van der Waals surface area contributed by atoms with E-state index < -0.39 is 0 Å². The molecule has 0 amide bonds. The lowest BCUT2D eigenvalue weighted by Crippen LogP contribution is -2.27. The Labute approximate surface area is 99.3 Å². The van der Waals surface area contributed by atoms with Crippen molar-refractivity contribution in [1.82, 2.24) is 5.32 Å². The SMILES string of the molecule is Cc1ccc(C)c(CCC2CCNCC2)c1. The van der Waals surface area contributed by atoms with Crippen molar-refractivity contribution in [2.24, 2.45) is 5.92 Å². The van der Waals surface area contributed by atoms with E-state index in [1.165, 1.54) is 49.9 Å². The smallest absolute Gasteiger partial charge is 0.00463 e. The summed E-state index contributed by atoms with van der Waals surface area (Å²) in [4.78, 5) is 0. The first-order valence-corrected chi connectivity index (χ1v) is 6.52. The first kappa shape index (κ1) is 11.7. The zero-order chi connectivity index (χ0) is 11.4. The Hall–Kier alpha value is -0.820. The summed E-state index contributed by atoms with van der Waals surface area (Å²) in [6.07, 6.45) is 5.36. The Morgan fingerprint density at radius 3 is 2.69 bits per heavy atom. The van der Waals surface area contributed by atoms with Crippen LogP contribution < -0.4 is 5.32 Å². The summed E-state index contributed by atoms with van der Waals surface area (Å²) in [5, 5.41) is 3.43. The third-order valence-electron chi connectivity index (χ3n) is 3.79. The van der Waals surface area contributed by atoms with Gasteiger partial charge in [-0.3, -0.25) is 0 Å². The van der Waals surface area contributed by atoms with Crippen LogP contribution in [0.4, 0.5) is 0 Å². The van der Waals surface area contributed by atoms with Gasteiger partial charge in [0.25, 0.3) is 0 Å². The number of rotatable bonds is 3. The first-order valence-electron chi connectivity index (χ1n) is 6.52. The monoisotopic (exact) mass is 217 g/mol. The van der Waals surface area contributed by atoms with Crippen molar-refractivity contribution in [2.75, 3.05) is 13.1 Å². The van der Waals surface area contributed by atoms with Crippen LogP contribution in [0.1, 0.15) is 36.0 Å². The number of hydrogen-bond acceptors (Lipinski definition) is 1. The van der Waals surface area contributed by atoms with Gasteiger partial charge < -0.3 is 5.32 Å². The third kappa shape index (κ3) is 3.08. The second-order valence-corrected chi connectivity index (χ2v) is 5.16. The number of piperidine rings is 1. The number of aryl methyl sites for hydroxylation is 3. The molecule has 1 saturated heterocycles. The molecule has 0 spiro atoms. The topological polar surface area (TPSA) is 12.0 Å². The summed E-state index contributed by atoms with van der Waals surface area (Å²) < 4.78 is 0. The van der Waals surface area contributed by atoms with Crippen LogP contribution in [-0.4, -0.2) is 13.1 Å². The fraction of sp³-hybridized carbons (Fsp3) is 0.600. The predicted octanol–water partition coefficient (Wildman–Crippen LogP) is 3.24. The van der Waals surface area contributed by atoms with E-state index >= 15 is 0 Å². The molecule has 0 aromatic heterocycles. The van der Waals surface area contributed by atoms with Crippen molar-refractivity contribution in [3.05, 3.63) is 34.9 Å². The molecule has 16 heavy (non-hydrogen) atoms. The lowest BCUT2D eigenvalue weighted by molar-refractivity contribution is 0.354. The van der Waals surface area contributed by atoms with E-state index in [9.17, 15) is 0 Å². The number of hydrogen-bond donors (Lipinski definition) is 1. The molecule has 1 aromatic carbocycles. The largest absolute Gasteiger partial charge is 0.317 e. The van der Waals surface area contributed by atoms with Gasteiger partial charge in [0.2, 0.25) is 0 Å². The van der Waals surface area contributed by atoms with Crippen LogP contribution in [0.5, 0.6) is 0 Å². The number of nitrogens with one attached hydrogen (secondary N) is 1. The summed E-state index contributed by atoms with van der Waals surface area (Å²) in [7, 11) is 0. The second kappa shape index (κ2) is 5.49. The van der Waals surface area contributed by atoms with E-state index in [0.29, 0.717) is 0 Å². The zero-order valence-corrected chi connectivity index (χ0v) is 10.6. The average Bonchev–Trinajstić information content (AvgIpc) is 2.32. The van der Waals surface area contributed by atoms with E-state index in [-0.39, 0.29) is 0 Å². The molecule has 88 valence electrons. The minimum absolute atomic E-state index is 0.946. The molecule has 1 heterocycles. The average molecular weight is 217 g/mol. The fourth-order valence-electron chi connectivity index (χ4n) is 2.60. The molecule has 1 aromatic rings. The van der Waals surface area contributed by atoms with Crippen LogP contribution in [-0.2, 0) is 6.42 Å². The van der Waals surface area contributed by atoms with Crippen LogP contribution in [0.25, 0.3) is 0 Å². The van der Waals surface area contributed by atoms with Crippen LogP contribution in [0.3, 0.4) is 0 Å². The van der Waals surface area contributed by atoms with Crippen molar-refractivity contribution in [2.45, 2.75) is 39.5 Å². The van der Waals surface area contributed by atoms with Gasteiger partial charge in [-0.2, -0.15) is 0 Å². The lowest BCUT2D eigenvalue weighted by Gasteiger charge is -2.22. The maximum atomic E-state index is 3.43. The molecule has 0 radical (unpaired) electrons. The van der Waals surface area contributed by atoms with Crippen LogP contribution >= 0.6 is 0 Å². The van der Waals surface area contributed by atoms with Gasteiger partial charge in [-0.05, 0) is 69.7 Å². The molecule has 1 nitrogen and oxygen atoms in total. The van der Waals surface area contributed by atoms with Crippen LogP contribution in [0.2, 0.25) is 0 Å². The number of benzene rings is 1. The Morgan fingerprint density at radius 2 is 1.94 bits per heavy atom. The summed E-state index contributed by atoms with van der Waals surface area (Å²) in [6, 6.07) is 6.83. The van der Waals surface area contributed by atoms with Gasteiger partial charge in [0.1, 0.15) is 0 Å². The Balaban J connectivity index is 1.90. The van der Waals surface area contributed by atoms with Crippen molar-refractivity contribution < 1.29 is 0 Å². The summed E-state index contributed by atoms with van der Waals surface area (Å²) in [6.45, 7) is 6.86. The minimum atomic E-state index is 0.946. The second-order valence-electron chi connectivity index (χ2n) is 5.16. The Morgan fingerprint density at radius 1 is 1.19 bits per heavy atom. The summed E-state index contributed by atoms with van der Waals surface area (Å²) in [5.41, 5.74) is 4.41. The van der Waals surface area contributed by atoms with Crippen molar-refractivity contribution in [3.63, 3.8) is 0 Å². The van der Waals surface area contributed by atoms with Crippen molar-refractivity contribution >= 4 is 0 Å². The zero-order valence-electron chi connectivity index (χ0n) is 10.6. The van der Waals surface area contributed by atoms with Gasteiger partial charge in [-0.15, -0.1) is 0 Å². The van der Waals surface area contributed by atoms with Gasteiger partial charge in [-0.1, -0.05) is 23.8 Å². The van der Waals surface area contributed by atoms with E-state index in [2.05, 4.69) is 37.4 Å². The quantitative estimate of drug-likeness (QED) is 0.819. The summed E-state index contributed by atoms with van der Waals surface area (Å²) >= 11 is 0. The predicted molar refractivity (Wildman–Crippen MR) is 69.8 cm³/mol. The molecule has 0 atom stereocenters. The van der Waals surface area contributed by atoms with Gasteiger partial charge >= 0.3 is 0 Å². The third-order valence-corrected chi connectivity index (χ3v) is 3.79. The molecule has 1 aliphatic heterocycles. The van der Waals surface area contributed by atoms with E-state index in [1.54, 1.807) is 5.56 Å². The molecule has 0 unspecified atom stereocenters. The highest BCUT2D eigenvalue weighted by Gasteiger charge is 2.13. The Bertz CT molecular complexity index is 337. The molecule has 1 N–H and O–H groups in total. The van der Waals surface area contributed by atoms with Gasteiger partial charge in [0.05, 0.1) is 0 Å². The maximum Gasteiger partial charge on any atom is -0.00463 e. The van der Waals surface area contributed by atoms with Crippen molar-refractivity contribution in [3.8, 4) is 0 Å². The lowest BCUT2D eigenvalue weighted by atomic mass is 9.90. The summed E-state index contributed by atoms with van der Waals surface area (Å²) in [5.74, 6) is 0.946. The molecule has 0 aliphatic carbocycles. The van der Waals surface area contributed by atoms with Gasteiger partial charge in [-0.25, -0.2) is 0 Å². The normalized spacial score (nSPS) is 17.6. The highest BCUT2D eigenvalue weighted by atomic mass is 14.9. The molecule has 0 bridgehead atoms. The van der Waals surface area contributed by atoms with Crippen molar-refractivity contribution in [1.29, 1.82) is 0 Å². The molecule has 0 saturated carbocycles. The van der Waals surface area contributed by atoms with Crippen LogP contribution in [0, 0.1) is 19.8 Å². The van der Waals surface area contributed by atoms with E-state index in [4.69, 9.17) is 0 Å². The van der Waals surface area contributed by atoms with E-state index in [0.717, 1.165) is 5.92 Å².